The van der Waals surface area contributed by atoms with E-state index in [1.54, 1.807) is 14.2 Å². The Morgan fingerprint density at radius 2 is 2.17 bits per heavy atom. The molecule has 0 saturated carbocycles. The number of rotatable bonds is 7. The lowest BCUT2D eigenvalue weighted by Crippen LogP contribution is -2.45. The van der Waals surface area contributed by atoms with Gasteiger partial charge in [-0.15, -0.1) is 11.3 Å². The van der Waals surface area contributed by atoms with Crippen molar-refractivity contribution in [2.24, 2.45) is 0 Å². The highest BCUT2D eigenvalue weighted by molar-refractivity contribution is 7.15. The van der Waals surface area contributed by atoms with Gasteiger partial charge in [0.15, 0.2) is 4.96 Å². The van der Waals surface area contributed by atoms with E-state index in [4.69, 9.17) is 14.5 Å². The maximum Gasteiger partial charge on any atom is 0.228 e. The number of carbonyl (C=O) groups is 1. The molecule has 1 aliphatic heterocycles. The number of fused-ring (bicyclic) bond motifs is 1. The zero-order valence-corrected chi connectivity index (χ0v) is 18.2. The van der Waals surface area contributed by atoms with E-state index in [-0.39, 0.29) is 18.6 Å². The second-order valence-corrected chi connectivity index (χ2v) is 8.33. The summed E-state index contributed by atoms with van der Waals surface area (Å²) in [5.41, 5.74) is 2.56. The normalized spacial score (nSPS) is 16.8. The highest BCUT2D eigenvalue weighted by Gasteiger charge is 2.27. The minimum atomic E-state index is 0.113. The standard InChI is InChI=1S/C22H27N3O4S/c1-28-17-6-7-20(29-2)18(12-17)19-13-25-16(14-30-22(25)23-19)11-21(27)24-9-4-3-5-15(24)8-10-26/h6-7,12-15,26H,3-5,8-11H2,1-2H3. The molecule has 0 aliphatic carbocycles. The van der Waals surface area contributed by atoms with Gasteiger partial charge in [0.25, 0.3) is 0 Å². The Balaban J connectivity index is 1.60. The summed E-state index contributed by atoms with van der Waals surface area (Å²) >= 11 is 1.52. The quantitative estimate of drug-likeness (QED) is 0.623. The van der Waals surface area contributed by atoms with Crippen molar-refractivity contribution in [3.63, 3.8) is 0 Å². The molecule has 0 bridgehead atoms. The van der Waals surface area contributed by atoms with Crippen LogP contribution in [0.1, 0.15) is 31.4 Å². The molecular weight excluding hydrogens is 402 g/mol. The number of thiazole rings is 1. The van der Waals surface area contributed by atoms with E-state index < -0.39 is 0 Å². The smallest absolute Gasteiger partial charge is 0.228 e. The topological polar surface area (TPSA) is 76.3 Å². The molecule has 30 heavy (non-hydrogen) atoms. The molecule has 2 aromatic heterocycles. The molecule has 0 spiro atoms. The molecule has 1 N–H and O–H groups in total. The Morgan fingerprint density at radius 1 is 1.30 bits per heavy atom. The molecule has 1 saturated heterocycles. The third-order valence-corrected chi connectivity index (χ3v) is 6.60. The molecule has 1 aliphatic rings. The second kappa shape index (κ2) is 9.06. The number of imidazole rings is 1. The van der Waals surface area contributed by atoms with Gasteiger partial charge >= 0.3 is 0 Å². The van der Waals surface area contributed by atoms with Gasteiger partial charge in [0.2, 0.25) is 5.91 Å². The summed E-state index contributed by atoms with van der Waals surface area (Å²) in [5.74, 6) is 1.57. The second-order valence-electron chi connectivity index (χ2n) is 7.50. The number of methoxy groups -OCH3 is 2. The van der Waals surface area contributed by atoms with Gasteiger partial charge in [0, 0.05) is 42.0 Å². The zero-order chi connectivity index (χ0) is 21.1. The first kappa shape index (κ1) is 20.7. The van der Waals surface area contributed by atoms with Crippen LogP contribution in [0, 0.1) is 0 Å². The van der Waals surface area contributed by atoms with Crippen molar-refractivity contribution in [1.82, 2.24) is 14.3 Å². The third-order valence-electron chi connectivity index (χ3n) is 5.71. The number of amides is 1. The minimum Gasteiger partial charge on any atom is -0.497 e. The van der Waals surface area contributed by atoms with Crippen LogP contribution in [-0.4, -0.2) is 58.7 Å². The number of carbonyl (C=O) groups excluding carboxylic acids is 1. The number of piperidine rings is 1. The number of nitrogens with zero attached hydrogens (tertiary/aromatic N) is 3. The SMILES string of the molecule is COc1ccc(OC)c(-c2cn3c(CC(=O)N4CCCCC4CCO)csc3n2)c1. The van der Waals surface area contributed by atoms with Crippen molar-refractivity contribution in [2.45, 2.75) is 38.1 Å². The van der Waals surface area contributed by atoms with Gasteiger partial charge in [-0.05, 0) is 43.9 Å². The van der Waals surface area contributed by atoms with Crippen molar-refractivity contribution in [2.75, 3.05) is 27.4 Å². The van der Waals surface area contributed by atoms with E-state index in [0.717, 1.165) is 59.2 Å². The van der Waals surface area contributed by atoms with Gasteiger partial charge in [-0.2, -0.15) is 0 Å². The summed E-state index contributed by atoms with van der Waals surface area (Å²) in [6, 6.07) is 5.77. The summed E-state index contributed by atoms with van der Waals surface area (Å²) in [6.45, 7) is 0.886. The highest BCUT2D eigenvalue weighted by atomic mass is 32.1. The minimum absolute atomic E-state index is 0.113. The van der Waals surface area contributed by atoms with Crippen molar-refractivity contribution < 1.29 is 19.4 Å². The van der Waals surface area contributed by atoms with Crippen molar-refractivity contribution in [3.05, 3.63) is 35.5 Å². The van der Waals surface area contributed by atoms with Crippen LogP contribution in [0.25, 0.3) is 16.2 Å². The Bertz CT molecular complexity index is 1030. The molecule has 8 heteroatoms. The van der Waals surface area contributed by atoms with Gasteiger partial charge in [-0.1, -0.05) is 0 Å². The maximum atomic E-state index is 13.0. The summed E-state index contributed by atoms with van der Waals surface area (Å²) in [6.07, 6.45) is 6.04. The summed E-state index contributed by atoms with van der Waals surface area (Å²) in [7, 11) is 3.26. The molecule has 1 atom stereocenters. The van der Waals surface area contributed by atoms with Gasteiger partial charge in [-0.3, -0.25) is 9.20 Å². The molecule has 4 rings (SSSR count). The molecule has 1 fully saturated rings. The fraction of sp³-hybridized carbons (Fsp3) is 0.455. The molecule has 1 unspecified atom stereocenters. The van der Waals surface area contributed by atoms with Crippen LogP contribution in [0.3, 0.4) is 0 Å². The molecule has 0 radical (unpaired) electrons. The van der Waals surface area contributed by atoms with Crippen molar-refractivity contribution in [1.29, 1.82) is 0 Å². The molecule has 3 heterocycles. The van der Waals surface area contributed by atoms with Crippen LogP contribution in [0.5, 0.6) is 11.5 Å². The van der Waals surface area contributed by atoms with E-state index >= 15 is 0 Å². The molecule has 1 aromatic carbocycles. The van der Waals surface area contributed by atoms with E-state index in [1.807, 2.05) is 39.1 Å². The predicted molar refractivity (Wildman–Crippen MR) is 116 cm³/mol. The number of aliphatic hydroxyl groups is 1. The van der Waals surface area contributed by atoms with Gasteiger partial charge < -0.3 is 19.5 Å². The van der Waals surface area contributed by atoms with E-state index in [9.17, 15) is 9.90 Å². The number of aromatic nitrogens is 2. The van der Waals surface area contributed by atoms with Crippen molar-refractivity contribution >= 4 is 22.2 Å². The Hall–Kier alpha value is -2.58. The van der Waals surface area contributed by atoms with Gasteiger partial charge in [-0.25, -0.2) is 4.98 Å². The summed E-state index contributed by atoms with van der Waals surface area (Å²) in [4.78, 5) is 20.6. The number of aliphatic hydroxyl groups excluding tert-OH is 1. The summed E-state index contributed by atoms with van der Waals surface area (Å²) < 4.78 is 12.8. The lowest BCUT2D eigenvalue weighted by molar-refractivity contribution is -0.134. The Kier molecular flexibility index (Phi) is 6.24. The lowest BCUT2D eigenvalue weighted by Gasteiger charge is -2.35. The maximum absolute atomic E-state index is 13.0. The number of benzene rings is 1. The first-order chi connectivity index (χ1) is 14.6. The molecule has 3 aromatic rings. The van der Waals surface area contributed by atoms with Crippen LogP contribution in [-0.2, 0) is 11.2 Å². The first-order valence-corrected chi connectivity index (χ1v) is 11.1. The van der Waals surface area contributed by atoms with Crippen molar-refractivity contribution in [3.8, 4) is 22.8 Å². The third kappa shape index (κ3) is 4.02. The first-order valence-electron chi connectivity index (χ1n) is 10.2. The lowest BCUT2D eigenvalue weighted by atomic mass is 9.99. The number of likely N-dealkylation sites (tertiary alicyclic amines) is 1. The average molecular weight is 430 g/mol. The number of hydrogen-bond donors (Lipinski definition) is 1. The largest absolute Gasteiger partial charge is 0.497 e. The fourth-order valence-corrected chi connectivity index (χ4v) is 5.01. The Labute approximate surface area is 179 Å². The predicted octanol–water partition coefficient (Wildman–Crippen LogP) is 3.39. The van der Waals surface area contributed by atoms with E-state index in [2.05, 4.69) is 0 Å². The number of ether oxygens (including phenoxy) is 2. The zero-order valence-electron chi connectivity index (χ0n) is 17.3. The fourth-order valence-electron chi connectivity index (χ4n) is 4.14. The molecular formula is C22H27N3O4S. The molecule has 160 valence electrons. The van der Waals surface area contributed by atoms with E-state index in [0.29, 0.717) is 12.8 Å². The number of hydrogen-bond acceptors (Lipinski definition) is 6. The summed E-state index contributed by atoms with van der Waals surface area (Å²) in [5, 5.41) is 11.3. The van der Waals surface area contributed by atoms with Crippen LogP contribution in [0.2, 0.25) is 0 Å². The van der Waals surface area contributed by atoms with Crippen LogP contribution < -0.4 is 9.47 Å². The highest BCUT2D eigenvalue weighted by Crippen LogP contribution is 2.34. The van der Waals surface area contributed by atoms with Crippen LogP contribution in [0.4, 0.5) is 0 Å². The van der Waals surface area contributed by atoms with Crippen LogP contribution >= 0.6 is 11.3 Å². The Morgan fingerprint density at radius 3 is 2.93 bits per heavy atom. The van der Waals surface area contributed by atoms with Gasteiger partial charge in [0.1, 0.15) is 11.5 Å². The molecule has 1 amide bonds. The monoisotopic (exact) mass is 429 g/mol. The molecule has 7 nitrogen and oxygen atoms in total. The van der Waals surface area contributed by atoms with Gasteiger partial charge in [0.05, 0.1) is 26.3 Å². The van der Waals surface area contributed by atoms with E-state index in [1.165, 1.54) is 11.3 Å². The average Bonchev–Trinajstić information content (AvgIpc) is 3.35. The van der Waals surface area contributed by atoms with Crippen LogP contribution in [0.15, 0.2) is 29.8 Å².